The molecular formula is C12H14N4O3. The van der Waals surface area contributed by atoms with Crippen molar-refractivity contribution in [1.82, 2.24) is 9.78 Å². The van der Waals surface area contributed by atoms with E-state index in [1.54, 1.807) is 31.3 Å². The minimum Gasteiger partial charge on any atom is -0.465 e. The van der Waals surface area contributed by atoms with Gasteiger partial charge in [0.1, 0.15) is 6.54 Å². The summed E-state index contributed by atoms with van der Waals surface area (Å²) in [7, 11) is 0. The Labute approximate surface area is 109 Å². The monoisotopic (exact) mass is 262 g/mol. The first-order chi connectivity index (χ1) is 9.13. The number of hydrogen-bond donors (Lipinski definition) is 2. The van der Waals surface area contributed by atoms with Crippen LogP contribution in [0.4, 0.5) is 0 Å². The summed E-state index contributed by atoms with van der Waals surface area (Å²) in [5, 5.41) is 16.6. The van der Waals surface area contributed by atoms with Gasteiger partial charge in [0.25, 0.3) is 0 Å². The molecule has 1 aromatic carbocycles. The number of benzene rings is 1. The number of rotatable bonds is 4. The number of ether oxygens (including phenoxy) is 1. The zero-order valence-corrected chi connectivity index (χ0v) is 10.4. The van der Waals surface area contributed by atoms with Crippen LogP contribution in [0.25, 0.3) is 10.9 Å². The molecule has 0 unspecified atom stereocenters. The van der Waals surface area contributed by atoms with Crippen LogP contribution in [0.2, 0.25) is 0 Å². The number of fused-ring (bicyclic) bond motifs is 1. The first kappa shape index (κ1) is 12.9. The molecule has 2 aromatic rings. The standard InChI is InChI=1S/C12H14N4O3/c1-2-19-11(17)7-16-6-9-5-8(12(13)15-18)3-4-10(9)14-16/h3-6,18H,2,7H2,1H3,(H2,13,15). The summed E-state index contributed by atoms with van der Waals surface area (Å²) in [5.41, 5.74) is 6.82. The zero-order valence-electron chi connectivity index (χ0n) is 10.4. The minimum absolute atomic E-state index is 0.0278. The number of nitrogens with zero attached hydrogens (tertiary/aromatic N) is 3. The van der Waals surface area contributed by atoms with Gasteiger partial charge in [-0.05, 0) is 25.1 Å². The Kier molecular flexibility index (Phi) is 3.65. The Morgan fingerprint density at radius 2 is 2.37 bits per heavy atom. The van der Waals surface area contributed by atoms with Crippen molar-refractivity contribution in [2.24, 2.45) is 10.9 Å². The summed E-state index contributed by atoms with van der Waals surface area (Å²) < 4.78 is 6.35. The van der Waals surface area contributed by atoms with Crippen molar-refractivity contribution in [2.45, 2.75) is 13.5 Å². The maximum Gasteiger partial charge on any atom is 0.327 e. The molecule has 0 radical (unpaired) electrons. The summed E-state index contributed by atoms with van der Waals surface area (Å²) in [6.07, 6.45) is 1.71. The lowest BCUT2D eigenvalue weighted by molar-refractivity contribution is -0.144. The average molecular weight is 262 g/mol. The Bertz CT molecular complexity index is 633. The number of aromatic nitrogens is 2. The average Bonchev–Trinajstić information content (AvgIpc) is 2.78. The number of nitrogens with two attached hydrogens (primary N) is 1. The predicted molar refractivity (Wildman–Crippen MR) is 68.9 cm³/mol. The van der Waals surface area contributed by atoms with Crippen molar-refractivity contribution in [3.63, 3.8) is 0 Å². The highest BCUT2D eigenvalue weighted by molar-refractivity contribution is 6.00. The molecule has 0 saturated carbocycles. The lowest BCUT2D eigenvalue weighted by Crippen LogP contribution is -2.13. The maximum atomic E-state index is 11.4. The second-order valence-electron chi connectivity index (χ2n) is 3.89. The topological polar surface area (TPSA) is 103 Å². The van der Waals surface area contributed by atoms with Crippen LogP contribution in [-0.2, 0) is 16.1 Å². The van der Waals surface area contributed by atoms with E-state index in [1.807, 2.05) is 0 Å². The number of amidine groups is 1. The van der Waals surface area contributed by atoms with Crippen molar-refractivity contribution in [1.29, 1.82) is 0 Å². The molecule has 19 heavy (non-hydrogen) atoms. The third kappa shape index (κ3) is 2.82. The molecule has 0 bridgehead atoms. The van der Waals surface area contributed by atoms with Crippen LogP contribution in [-0.4, -0.2) is 33.4 Å². The second kappa shape index (κ2) is 5.38. The molecule has 0 saturated heterocycles. The van der Waals surface area contributed by atoms with Crippen molar-refractivity contribution in [3.05, 3.63) is 30.0 Å². The molecule has 0 aliphatic carbocycles. The summed E-state index contributed by atoms with van der Waals surface area (Å²) in [5.74, 6) is -0.313. The Morgan fingerprint density at radius 1 is 1.58 bits per heavy atom. The zero-order chi connectivity index (χ0) is 13.8. The van der Waals surface area contributed by atoms with E-state index in [2.05, 4.69) is 10.3 Å². The summed E-state index contributed by atoms with van der Waals surface area (Å²) in [6, 6.07) is 5.17. The molecule has 0 aliphatic heterocycles. The van der Waals surface area contributed by atoms with Gasteiger partial charge >= 0.3 is 5.97 Å². The molecule has 0 atom stereocenters. The van der Waals surface area contributed by atoms with E-state index in [1.165, 1.54) is 4.68 Å². The van der Waals surface area contributed by atoms with Gasteiger partial charge in [0.15, 0.2) is 5.84 Å². The van der Waals surface area contributed by atoms with E-state index in [0.29, 0.717) is 12.2 Å². The SMILES string of the molecule is CCOC(=O)Cn1cc2cc(/C(N)=N\O)ccc2n1. The van der Waals surface area contributed by atoms with Gasteiger partial charge in [-0.2, -0.15) is 5.10 Å². The van der Waals surface area contributed by atoms with Crippen LogP contribution < -0.4 is 5.73 Å². The predicted octanol–water partition coefficient (Wildman–Crippen LogP) is 0.694. The van der Waals surface area contributed by atoms with Crippen LogP contribution in [0.3, 0.4) is 0 Å². The van der Waals surface area contributed by atoms with Gasteiger partial charge in [-0.1, -0.05) is 5.16 Å². The Balaban J connectivity index is 2.28. The van der Waals surface area contributed by atoms with Crippen LogP contribution in [0.15, 0.2) is 29.6 Å². The highest BCUT2D eigenvalue weighted by Crippen LogP contribution is 2.14. The lowest BCUT2D eigenvalue weighted by atomic mass is 10.1. The van der Waals surface area contributed by atoms with Crippen molar-refractivity contribution < 1.29 is 14.7 Å². The van der Waals surface area contributed by atoms with Gasteiger partial charge in [-0.3, -0.25) is 9.48 Å². The molecule has 100 valence electrons. The van der Waals surface area contributed by atoms with E-state index >= 15 is 0 Å². The highest BCUT2D eigenvalue weighted by atomic mass is 16.5. The van der Waals surface area contributed by atoms with Gasteiger partial charge in [-0.25, -0.2) is 0 Å². The van der Waals surface area contributed by atoms with Gasteiger partial charge in [-0.15, -0.1) is 0 Å². The molecule has 1 heterocycles. The summed E-state index contributed by atoms with van der Waals surface area (Å²) >= 11 is 0. The van der Waals surface area contributed by atoms with E-state index in [0.717, 1.165) is 10.9 Å². The molecule has 7 heteroatoms. The third-order valence-corrected chi connectivity index (χ3v) is 2.55. The van der Waals surface area contributed by atoms with E-state index in [-0.39, 0.29) is 18.3 Å². The highest BCUT2D eigenvalue weighted by Gasteiger charge is 2.08. The van der Waals surface area contributed by atoms with E-state index in [9.17, 15) is 4.79 Å². The summed E-state index contributed by atoms with van der Waals surface area (Å²) in [6.45, 7) is 2.15. The normalized spacial score (nSPS) is 11.7. The largest absolute Gasteiger partial charge is 0.465 e. The smallest absolute Gasteiger partial charge is 0.327 e. The second-order valence-corrected chi connectivity index (χ2v) is 3.89. The van der Waals surface area contributed by atoms with E-state index < -0.39 is 0 Å². The molecule has 0 aliphatic rings. The van der Waals surface area contributed by atoms with Crippen LogP contribution >= 0.6 is 0 Å². The van der Waals surface area contributed by atoms with Crippen LogP contribution in [0.5, 0.6) is 0 Å². The third-order valence-electron chi connectivity index (χ3n) is 2.55. The molecular weight excluding hydrogens is 248 g/mol. The number of hydrogen-bond acceptors (Lipinski definition) is 5. The molecule has 1 aromatic heterocycles. The Morgan fingerprint density at radius 3 is 3.05 bits per heavy atom. The molecule has 0 fully saturated rings. The summed E-state index contributed by atoms with van der Waals surface area (Å²) in [4.78, 5) is 11.4. The first-order valence-corrected chi connectivity index (χ1v) is 5.74. The maximum absolute atomic E-state index is 11.4. The number of oxime groups is 1. The Hall–Kier alpha value is -2.57. The fourth-order valence-corrected chi connectivity index (χ4v) is 1.71. The molecule has 7 nitrogen and oxygen atoms in total. The van der Waals surface area contributed by atoms with Gasteiger partial charge in [0, 0.05) is 17.1 Å². The molecule has 3 N–H and O–H groups in total. The fraction of sp³-hybridized carbons (Fsp3) is 0.250. The first-order valence-electron chi connectivity index (χ1n) is 5.74. The van der Waals surface area contributed by atoms with Crippen LogP contribution in [0.1, 0.15) is 12.5 Å². The minimum atomic E-state index is -0.341. The quantitative estimate of drug-likeness (QED) is 0.277. The van der Waals surface area contributed by atoms with Gasteiger partial charge in [0.2, 0.25) is 0 Å². The van der Waals surface area contributed by atoms with Gasteiger partial charge < -0.3 is 15.7 Å². The number of carbonyl (C=O) groups excluding carboxylic acids is 1. The van der Waals surface area contributed by atoms with Crippen LogP contribution in [0, 0.1) is 0 Å². The van der Waals surface area contributed by atoms with Crippen molar-refractivity contribution >= 4 is 22.7 Å². The molecule has 2 rings (SSSR count). The lowest BCUT2D eigenvalue weighted by Gasteiger charge is -2.00. The van der Waals surface area contributed by atoms with Crippen molar-refractivity contribution in [3.8, 4) is 0 Å². The van der Waals surface area contributed by atoms with E-state index in [4.69, 9.17) is 15.7 Å². The molecule has 0 amide bonds. The number of esters is 1. The number of carbonyl (C=O) groups is 1. The van der Waals surface area contributed by atoms with Gasteiger partial charge in [0.05, 0.1) is 12.1 Å². The van der Waals surface area contributed by atoms with Crippen molar-refractivity contribution in [2.75, 3.05) is 6.61 Å². The molecule has 0 spiro atoms. The fourth-order valence-electron chi connectivity index (χ4n) is 1.71.